The number of imidazole rings is 1. The molecule has 0 spiro atoms. The molecule has 4 heterocycles. The summed E-state index contributed by atoms with van der Waals surface area (Å²) in [4.78, 5) is 14.0. The van der Waals surface area contributed by atoms with E-state index in [9.17, 15) is 4.55 Å². The number of anilines is 1. The molecule has 0 aliphatic heterocycles. The Kier molecular flexibility index (Phi) is 5.81. The topological polar surface area (TPSA) is 102 Å². The van der Waals surface area contributed by atoms with E-state index in [0.29, 0.717) is 28.7 Å². The van der Waals surface area contributed by atoms with Crippen molar-refractivity contribution < 1.29 is 9.29 Å². The van der Waals surface area contributed by atoms with Gasteiger partial charge in [0.1, 0.15) is 16.3 Å². The molecule has 0 amide bonds. The Morgan fingerprint density at radius 2 is 2.17 bits per heavy atom. The van der Waals surface area contributed by atoms with Gasteiger partial charge in [-0.2, -0.15) is 0 Å². The molecule has 0 saturated heterocycles. The summed E-state index contributed by atoms with van der Waals surface area (Å²) in [6.07, 6.45) is 7.77. The maximum Gasteiger partial charge on any atom is 0.232 e. The maximum absolute atomic E-state index is 12.9. The zero-order chi connectivity index (χ0) is 20.4. The molecule has 1 atom stereocenters. The van der Waals surface area contributed by atoms with Crippen LogP contribution in [0.3, 0.4) is 0 Å². The lowest BCUT2D eigenvalue weighted by Gasteiger charge is -2.10. The van der Waals surface area contributed by atoms with Crippen molar-refractivity contribution in [3.05, 3.63) is 43.1 Å². The minimum absolute atomic E-state index is 0.501. The number of aryl methyl sites for hydroxylation is 1. The molecule has 0 bridgehead atoms. The predicted octanol–water partition coefficient (Wildman–Crippen LogP) is 3.49. The van der Waals surface area contributed by atoms with Crippen LogP contribution in [0.25, 0.3) is 32.7 Å². The first-order chi connectivity index (χ1) is 14.1. The van der Waals surface area contributed by atoms with E-state index in [0.717, 1.165) is 32.7 Å². The zero-order valence-corrected chi connectivity index (χ0v) is 17.8. The fourth-order valence-corrected chi connectivity index (χ4v) is 5.80. The smallest absolute Gasteiger partial charge is 0.232 e. The van der Waals surface area contributed by atoms with Crippen molar-refractivity contribution in [2.24, 2.45) is 7.05 Å². The molecule has 4 rings (SSSR count). The monoisotopic (exact) mass is 427 g/mol. The summed E-state index contributed by atoms with van der Waals surface area (Å²) in [5, 5.41) is 0.821. The number of aromatic nitrogens is 4. The Bertz CT molecular complexity index is 1130. The number of pyridine rings is 2. The van der Waals surface area contributed by atoms with Gasteiger partial charge >= 0.3 is 0 Å². The maximum atomic E-state index is 12.9. The third-order valence-electron chi connectivity index (χ3n) is 4.60. The highest BCUT2D eigenvalue weighted by atomic mass is 32.2. The van der Waals surface area contributed by atoms with E-state index in [4.69, 9.17) is 15.5 Å². The van der Waals surface area contributed by atoms with Gasteiger partial charge in [-0.25, -0.2) is 9.97 Å². The van der Waals surface area contributed by atoms with Crippen LogP contribution in [-0.4, -0.2) is 43.5 Å². The molecule has 0 aliphatic carbocycles. The highest BCUT2D eigenvalue weighted by Crippen LogP contribution is 2.43. The Morgan fingerprint density at radius 1 is 1.31 bits per heavy atom. The molecule has 2 N–H and O–H groups in total. The number of nitrogens with zero attached hydrogens (tertiary/aromatic N) is 4. The lowest BCUT2D eigenvalue weighted by molar-refractivity contribution is 0.199. The van der Waals surface area contributed by atoms with Crippen molar-refractivity contribution >= 4 is 38.4 Å². The molecular formula is C20H21N5O2S2. The standard InChI is InChI=1S/C20H21N5O2S2/c1-25-12-23-11-16(25)14-9-15(13-5-3-6-22-10-13)24-19-17(14)18(21)20(28-19)29(26)8-4-7-27-2/h3,5-6,9-12H,4,7-8,21H2,1-2H3. The van der Waals surface area contributed by atoms with Crippen molar-refractivity contribution in [1.82, 2.24) is 19.5 Å². The largest absolute Gasteiger partial charge is 0.611 e. The predicted molar refractivity (Wildman–Crippen MR) is 117 cm³/mol. The van der Waals surface area contributed by atoms with Crippen LogP contribution in [-0.2, 0) is 23.0 Å². The normalized spacial score (nSPS) is 12.5. The summed E-state index contributed by atoms with van der Waals surface area (Å²) in [5.74, 6) is 0.501. The van der Waals surface area contributed by atoms with E-state index < -0.39 is 11.2 Å². The van der Waals surface area contributed by atoms with Crippen LogP contribution < -0.4 is 5.73 Å². The number of thiophene rings is 1. The van der Waals surface area contributed by atoms with E-state index in [-0.39, 0.29) is 0 Å². The Balaban J connectivity index is 1.89. The molecule has 0 radical (unpaired) electrons. The summed E-state index contributed by atoms with van der Waals surface area (Å²) < 4.78 is 20.5. The number of hydrogen-bond donors (Lipinski definition) is 1. The second-order valence-electron chi connectivity index (χ2n) is 6.57. The third-order valence-corrected chi connectivity index (χ3v) is 7.59. The SMILES string of the molecule is COCCC[S+]([O-])c1sc2nc(-c3cccnc3)cc(-c3cncn3C)c2c1N. The number of fused-ring (bicyclic) bond motifs is 1. The van der Waals surface area contributed by atoms with Gasteiger partial charge in [0.2, 0.25) is 4.21 Å². The van der Waals surface area contributed by atoms with Gasteiger partial charge in [-0.1, -0.05) is 11.3 Å². The van der Waals surface area contributed by atoms with Crippen molar-refractivity contribution in [3.63, 3.8) is 0 Å². The van der Waals surface area contributed by atoms with Gasteiger partial charge in [0.05, 0.1) is 30.5 Å². The van der Waals surface area contributed by atoms with Gasteiger partial charge in [-0.15, -0.1) is 0 Å². The van der Waals surface area contributed by atoms with E-state index in [1.807, 2.05) is 29.8 Å². The minimum atomic E-state index is -1.20. The Hall–Kier alpha value is -2.46. The molecule has 0 aromatic carbocycles. The average molecular weight is 428 g/mol. The van der Waals surface area contributed by atoms with Crippen LogP contribution in [0.5, 0.6) is 0 Å². The molecule has 4 aromatic rings. The van der Waals surface area contributed by atoms with Gasteiger partial charge in [-0.05, 0) is 29.4 Å². The number of nitrogen functional groups attached to an aromatic ring is 1. The van der Waals surface area contributed by atoms with E-state index in [1.54, 1.807) is 32.0 Å². The summed E-state index contributed by atoms with van der Waals surface area (Å²) in [7, 11) is 3.57. The molecule has 150 valence electrons. The van der Waals surface area contributed by atoms with Crippen LogP contribution in [0.1, 0.15) is 6.42 Å². The lowest BCUT2D eigenvalue weighted by Crippen LogP contribution is -2.09. The summed E-state index contributed by atoms with van der Waals surface area (Å²) in [5.41, 5.74) is 10.6. The first-order valence-electron chi connectivity index (χ1n) is 9.07. The van der Waals surface area contributed by atoms with Crippen LogP contribution in [0.4, 0.5) is 5.69 Å². The van der Waals surface area contributed by atoms with Crippen molar-refractivity contribution in [2.45, 2.75) is 10.6 Å². The Labute approximate surface area is 175 Å². The van der Waals surface area contributed by atoms with Crippen molar-refractivity contribution in [3.8, 4) is 22.5 Å². The fourth-order valence-electron chi connectivity index (χ4n) is 3.18. The molecule has 29 heavy (non-hydrogen) atoms. The van der Waals surface area contributed by atoms with E-state index >= 15 is 0 Å². The molecule has 0 aliphatic rings. The van der Waals surface area contributed by atoms with Gasteiger partial charge in [0, 0.05) is 49.5 Å². The van der Waals surface area contributed by atoms with Gasteiger partial charge < -0.3 is 19.6 Å². The highest BCUT2D eigenvalue weighted by Gasteiger charge is 2.25. The number of methoxy groups -OCH3 is 1. The highest BCUT2D eigenvalue weighted by molar-refractivity contribution is 7.93. The van der Waals surface area contributed by atoms with E-state index in [2.05, 4.69) is 9.97 Å². The first-order valence-corrected chi connectivity index (χ1v) is 11.2. The number of hydrogen-bond acceptors (Lipinski definition) is 7. The summed E-state index contributed by atoms with van der Waals surface area (Å²) in [6, 6.07) is 5.84. The van der Waals surface area contributed by atoms with Crippen LogP contribution in [0.2, 0.25) is 0 Å². The molecular weight excluding hydrogens is 406 g/mol. The zero-order valence-electron chi connectivity index (χ0n) is 16.2. The van der Waals surface area contributed by atoms with Gasteiger partial charge in [-0.3, -0.25) is 4.98 Å². The second kappa shape index (κ2) is 8.50. The second-order valence-corrected chi connectivity index (χ2v) is 9.33. The third kappa shape index (κ3) is 3.86. The minimum Gasteiger partial charge on any atom is -0.611 e. The van der Waals surface area contributed by atoms with Crippen LogP contribution in [0, 0.1) is 0 Å². The Morgan fingerprint density at radius 3 is 2.86 bits per heavy atom. The molecule has 0 saturated carbocycles. The summed E-state index contributed by atoms with van der Waals surface area (Å²) in [6.45, 7) is 0.570. The average Bonchev–Trinajstić information content (AvgIpc) is 3.31. The first kappa shape index (κ1) is 19.8. The number of rotatable bonds is 7. The van der Waals surface area contributed by atoms with Gasteiger partial charge in [0.25, 0.3) is 0 Å². The number of nitrogens with two attached hydrogens (primary N) is 1. The van der Waals surface area contributed by atoms with Crippen molar-refractivity contribution in [2.75, 3.05) is 25.2 Å². The van der Waals surface area contributed by atoms with Crippen molar-refractivity contribution in [1.29, 1.82) is 0 Å². The number of ether oxygens (including phenoxy) is 1. The molecule has 9 heteroatoms. The van der Waals surface area contributed by atoms with Crippen LogP contribution >= 0.6 is 11.3 Å². The van der Waals surface area contributed by atoms with E-state index in [1.165, 1.54) is 11.3 Å². The molecule has 4 aromatic heterocycles. The van der Waals surface area contributed by atoms with Crippen LogP contribution in [0.15, 0.2) is 47.3 Å². The lowest BCUT2D eigenvalue weighted by atomic mass is 10.1. The quantitative estimate of drug-likeness (QED) is 0.358. The fraction of sp³-hybridized carbons (Fsp3) is 0.250. The molecule has 7 nitrogen and oxygen atoms in total. The van der Waals surface area contributed by atoms with Gasteiger partial charge in [0.15, 0.2) is 0 Å². The molecule has 0 fully saturated rings. The summed E-state index contributed by atoms with van der Waals surface area (Å²) >= 11 is 0.187. The molecule has 1 unspecified atom stereocenters.